The third-order valence-electron chi connectivity index (χ3n) is 4.72. The zero-order chi connectivity index (χ0) is 22.6. The predicted octanol–water partition coefficient (Wildman–Crippen LogP) is 5.27. The first-order valence-corrected chi connectivity index (χ1v) is 9.68. The van der Waals surface area contributed by atoms with Crippen molar-refractivity contribution in [2.24, 2.45) is 0 Å². The topological polar surface area (TPSA) is 68.0 Å². The second-order valence-corrected chi connectivity index (χ2v) is 7.36. The smallest absolute Gasteiger partial charge is 0.352 e. The van der Waals surface area contributed by atoms with Gasteiger partial charge in [0.1, 0.15) is 5.82 Å². The number of aromatic nitrogens is 2. The minimum Gasteiger partial charge on any atom is -0.352 e. The van der Waals surface area contributed by atoms with Crippen LogP contribution in [0.15, 0.2) is 47.0 Å². The lowest BCUT2D eigenvalue weighted by atomic mass is 10.0. The predicted molar refractivity (Wildman–Crippen MR) is 105 cm³/mol. The molecule has 3 rings (SSSR count). The van der Waals surface area contributed by atoms with Crippen molar-refractivity contribution < 1.29 is 26.9 Å². The van der Waals surface area contributed by atoms with Gasteiger partial charge in [-0.1, -0.05) is 49.3 Å². The number of hydrogen-bond donors (Lipinski definition) is 1. The van der Waals surface area contributed by atoms with Gasteiger partial charge in [-0.3, -0.25) is 4.79 Å². The van der Waals surface area contributed by atoms with Crippen LogP contribution in [0.25, 0.3) is 11.4 Å². The maximum atomic E-state index is 13.2. The summed E-state index contributed by atoms with van der Waals surface area (Å²) in [7, 11) is 0. The molecule has 0 unspecified atom stereocenters. The van der Waals surface area contributed by atoms with Crippen molar-refractivity contribution >= 4 is 5.91 Å². The van der Waals surface area contributed by atoms with Crippen LogP contribution < -0.4 is 5.32 Å². The van der Waals surface area contributed by atoms with Crippen LogP contribution in [-0.4, -0.2) is 16.0 Å². The molecule has 0 aliphatic carbocycles. The number of amides is 1. The summed E-state index contributed by atoms with van der Waals surface area (Å²) in [6.07, 6.45) is -4.62. The Labute approximate surface area is 176 Å². The second-order valence-electron chi connectivity index (χ2n) is 7.36. The molecule has 1 N–H and O–H groups in total. The first-order chi connectivity index (χ1) is 14.6. The second kappa shape index (κ2) is 9.28. The number of halogens is 4. The van der Waals surface area contributed by atoms with Crippen molar-refractivity contribution in [1.29, 1.82) is 0 Å². The van der Waals surface area contributed by atoms with Crippen LogP contribution in [0.3, 0.4) is 0 Å². The van der Waals surface area contributed by atoms with Crippen LogP contribution in [0.4, 0.5) is 17.6 Å². The Morgan fingerprint density at radius 1 is 1.13 bits per heavy atom. The number of aryl methyl sites for hydroxylation is 1. The molecule has 2 aromatic carbocycles. The van der Waals surface area contributed by atoms with E-state index in [0.717, 1.165) is 17.7 Å². The molecule has 0 fully saturated rings. The number of carbonyl (C=O) groups excluding carboxylic acids is 1. The van der Waals surface area contributed by atoms with Crippen LogP contribution in [0, 0.1) is 5.82 Å². The molecule has 164 valence electrons. The highest BCUT2D eigenvalue weighted by Crippen LogP contribution is 2.32. The van der Waals surface area contributed by atoms with E-state index < -0.39 is 23.5 Å². The molecule has 1 aromatic heterocycles. The summed E-state index contributed by atoms with van der Waals surface area (Å²) >= 11 is 0. The normalized spacial score (nSPS) is 11.7. The van der Waals surface area contributed by atoms with Crippen molar-refractivity contribution in [2.75, 3.05) is 0 Å². The largest absolute Gasteiger partial charge is 0.416 e. The molecule has 9 heteroatoms. The Kier molecular flexibility index (Phi) is 6.72. The summed E-state index contributed by atoms with van der Waals surface area (Å²) in [5.74, 6) is -0.440. The number of carbonyl (C=O) groups is 1. The van der Waals surface area contributed by atoms with Gasteiger partial charge in [-0.15, -0.1) is 0 Å². The number of nitrogens with zero attached hydrogens (tertiary/aromatic N) is 2. The highest BCUT2D eigenvalue weighted by molar-refractivity contribution is 5.76. The van der Waals surface area contributed by atoms with Crippen molar-refractivity contribution in [3.05, 3.63) is 70.9 Å². The zero-order valence-corrected chi connectivity index (χ0v) is 17.0. The minimum absolute atomic E-state index is 0.0452. The summed E-state index contributed by atoms with van der Waals surface area (Å²) in [5, 5.41) is 6.31. The molecule has 1 heterocycles. The van der Waals surface area contributed by atoms with Gasteiger partial charge in [0.05, 0.1) is 5.56 Å². The molecule has 0 aliphatic heterocycles. The molecule has 0 spiro atoms. The Hall–Kier alpha value is -3.23. The van der Waals surface area contributed by atoms with Gasteiger partial charge >= 0.3 is 6.18 Å². The fourth-order valence-electron chi connectivity index (χ4n) is 2.96. The molecule has 31 heavy (non-hydrogen) atoms. The Morgan fingerprint density at radius 2 is 1.84 bits per heavy atom. The van der Waals surface area contributed by atoms with E-state index in [0.29, 0.717) is 17.8 Å². The Balaban J connectivity index is 1.55. The van der Waals surface area contributed by atoms with E-state index in [4.69, 9.17) is 4.52 Å². The standard InChI is InChI=1S/C22H21F4N3O2/c1-13(2)14-3-5-15(6-4-14)21-28-20(31-29-21)10-9-19(30)27-12-16-7-8-17(23)11-18(16)22(24,25)26/h3-8,11,13H,9-10,12H2,1-2H3,(H,27,30). The van der Waals surface area contributed by atoms with Crippen molar-refractivity contribution in [2.45, 2.75) is 45.3 Å². The van der Waals surface area contributed by atoms with E-state index in [1.807, 2.05) is 24.3 Å². The number of hydrogen-bond acceptors (Lipinski definition) is 4. The summed E-state index contributed by atoms with van der Waals surface area (Å²) in [6, 6.07) is 10.1. The molecular weight excluding hydrogens is 414 g/mol. The van der Waals surface area contributed by atoms with Gasteiger partial charge in [0.15, 0.2) is 0 Å². The fraction of sp³-hybridized carbons (Fsp3) is 0.318. The van der Waals surface area contributed by atoms with E-state index in [9.17, 15) is 22.4 Å². The molecule has 5 nitrogen and oxygen atoms in total. The molecule has 1 amide bonds. The quantitative estimate of drug-likeness (QED) is 0.514. The summed E-state index contributed by atoms with van der Waals surface area (Å²) < 4.78 is 57.4. The molecule has 0 saturated heterocycles. The van der Waals surface area contributed by atoms with Crippen LogP contribution in [0.5, 0.6) is 0 Å². The maximum absolute atomic E-state index is 13.2. The lowest BCUT2D eigenvalue weighted by Gasteiger charge is -2.13. The molecule has 0 bridgehead atoms. The average Bonchev–Trinajstić information content (AvgIpc) is 3.20. The molecule has 0 radical (unpaired) electrons. The summed E-state index contributed by atoms with van der Waals surface area (Å²) in [5.41, 5.74) is 0.629. The van der Waals surface area contributed by atoms with Gasteiger partial charge in [0, 0.05) is 24.9 Å². The molecule has 3 aromatic rings. The monoisotopic (exact) mass is 435 g/mol. The van der Waals surface area contributed by atoms with E-state index >= 15 is 0 Å². The number of benzene rings is 2. The third kappa shape index (κ3) is 5.90. The number of nitrogens with one attached hydrogen (secondary N) is 1. The van der Waals surface area contributed by atoms with Crippen LogP contribution in [-0.2, 0) is 23.9 Å². The lowest BCUT2D eigenvalue weighted by molar-refractivity contribution is -0.138. The third-order valence-corrected chi connectivity index (χ3v) is 4.72. The first kappa shape index (κ1) is 22.5. The molecule has 0 saturated carbocycles. The van der Waals surface area contributed by atoms with E-state index in [-0.39, 0.29) is 30.8 Å². The van der Waals surface area contributed by atoms with Gasteiger partial charge < -0.3 is 9.84 Å². The van der Waals surface area contributed by atoms with Gasteiger partial charge in [-0.25, -0.2) is 4.39 Å². The van der Waals surface area contributed by atoms with Gasteiger partial charge in [-0.05, 0) is 29.2 Å². The van der Waals surface area contributed by atoms with E-state index in [2.05, 4.69) is 29.3 Å². The van der Waals surface area contributed by atoms with Gasteiger partial charge in [0.2, 0.25) is 17.6 Å². The van der Waals surface area contributed by atoms with Crippen LogP contribution in [0.2, 0.25) is 0 Å². The summed E-state index contributed by atoms with van der Waals surface area (Å²) in [6.45, 7) is 3.81. The highest BCUT2D eigenvalue weighted by atomic mass is 19.4. The maximum Gasteiger partial charge on any atom is 0.416 e. The Morgan fingerprint density at radius 3 is 2.48 bits per heavy atom. The number of alkyl halides is 3. The minimum atomic E-state index is -4.71. The van der Waals surface area contributed by atoms with E-state index in [1.54, 1.807) is 0 Å². The average molecular weight is 435 g/mol. The molecule has 0 aliphatic rings. The van der Waals surface area contributed by atoms with Crippen molar-refractivity contribution in [1.82, 2.24) is 15.5 Å². The fourth-order valence-corrected chi connectivity index (χ4v) is 2.96. The van der Waals surface area contributed by atoms with Crippen LogP contribution in [0.1, 0.15) is 48.8 Å². The number of rotatable bonds is 7. The van der Waals surface area contributed by atoms with Gasteiger partial charge in [-0.2, -0.15) is 18.2 Å². The van der Waals surface area contributed by atoms with Crippen molar-refractivity contribution in [3.63, 3.8) is 0 Å². The van der Waals surface area contributed by atoms with E-state index in [1.165, 1.54) is 5.56 Å². The SMILES string of the molecule is CC(C)c1ccc(-c2noc(CCC(=O)NCc3ccc(F)cc3C(F)(F)F)n2)cc1. The highest BCUT2D eigenvalue weighted by Gasteiger charge is 2.33. The zero-order valence-electron chi connectivity index (χ0n) is 17.0. The molecule has 0 atom stereocenters. The van der Waals surface area contributed by atoms with Gasteiger partial charge in [0.25, 0.3) is 0 Å². The first-order valence-electron chi connectivity index (χ1n) is 9.68. The van der Waals surface area contributed by atoms with Crippen molar-refractivity contribution in [3.8, 4) is 11.4 Å². The Bertz CT molecular complexity index is 1040. The molecular formula is C22H21F4N3O2. The summed E-state index contributed by atoms with van der Waals surface area (Å²) in [4.78, 5) is 16.3. The lowest BCUT2D eigenvalue weighted by Crippen LogP contribution is -2.24. The van der Waals surface area contributed by atoms with Crippen LogP contribution >= 0.6 is 0 Å².